The van der Waals surface area contributed by atoms with Gasteiger partial charge in [-0.05, 0) is 34.9 Å². The number of rotatable bonds is 5. The summed E-state index contributed by atoms with van der Waals surface area (Å²) in [5, 5.41) is 44.3. The average Bonchev–Trinajstić information content (AvgIpc) is 2.70. The molecule has 1 saturated heterocycles. The summed E-state index contributed by atoms with van der Waals surface area (Å²) in [6, 6.07) is 14.5. The zero-order valence-electron chi connectivity index (χ0n) is 14.6. The topological polar surface area (TPSA) is 127 Å². The van der Waals surface area contributed by atoms with Crippen LogP contribution in [0.3, 0.4) is 0 Å². The SMILES string of the molecule is N=COC(=N)c1ccc(-c2cccc([C@H]3OC(CO)CC(O)C3O)c2)cc1. The summed E-state index contributed by atoms with van der Waals surface area (Å²) in [6.07, 6.45) is -2.36. The van der Waals surface area contributed by atoms with Gasteiger partial charge in [-0.1, -0.05) is 30.3 Å². The molecule has 1 aliphatic rings. The van der Waals surface area contributed by atoms with Gasteiger partial charge in [0.05, 0.1) is 18.8 Å². The van der Waals surface area contributed by atoms with E-state index >= 15 is 0 Å². The minimum absolute atomic E-state index is 0.104. The van der Waals surface area contributed by atoms with Gasteiger partial charge in [-0.3, -0.25) is 10.8 Å². The molecule has 7 nitrogen and oxygen atoms in total. The summed E-state index contributed by atoms with van der Waals surface area (Å²) >= 11 is 0. The van der Waals surface area contributed by atoms with Crippen LogP contribution in [0.1, 0.15) is 23.7 Å². The second-order valence-electron chi connectivity index (χ2n) is 6.42. The molecule has 2 aromatic rings. The molecule has 7 heteroatoms. The Morgan fingerprint density at radius 1 is 1.15 bits per heavy atom. The maximum Gasteiger partial charge on any atom is 0.220 e. The van der Waals surface area contributed by atoms with Gasteiger partial charge in [0, 0.05) is 12.0 Å². The van der Waals surface area contributed by atoms with E-state index in [2.05, 4.69) is 0 Å². The predicted octanol–water partition coefficient (Wildman–Crippen LogP) is 1.85. The molecule has 0 amide bonds. The Morgan fingerprint density at radius 2 is 1.89 bits per heavy atom. The first-order valence-electron chi connectivity index (χ1n) is 8.61. The fraction of sp³-hybridized carbons (Fsp3) is 0.300. The molecule has 27 heavy (non-hydrogen) atoms. The maximum absolute atomic E-state index is 10.3. The van der Waals surface area contributed by atoms with Gasteiger partial charge in [0.1, 0.15) is 12.2 Å². The van der Waals surface area contributed by atoms with E-state index in [0.717, 1.165) is 11.1 Å². The van der Waals surface area contributed by atoms with Crippen molar-refractivity contribution in [3.8, 4) is 11.1 Å². The van der Waals surface area contributed by atoms with E-state index in [9.17, 15) is 15.3 Å². The number of nitrogens with one attached hydrogen (secondary N) is 2. The fourth-order valence-corrected chi connectivity index (χ4v) is 3.18. The molecule has 5 N–H and O–H groups in total. The molecule has 1 aliphatic heterocycles. The summed E-state index contributed by atoms with van der Waals surface area (Å²) in [5.74, 6) is -0.104. The lowest BCUT2D eigenvalue weighted by atomic mass is 9.91. The maximum atomic E-state index is 10.3. The summed E-state index contributed by atoms with van der Waals surface area (Å²) in [4.78, 5) is 0. The number of ether oxygens (including phenoxy) is 2. The Bertz CT molecular complexity index is 808. The van der Waals surface area contributed by atoms with Crippen molar-refractivity contribution in [2.75, 3.05) is 6.61 Å². The van der Waals surface area contributed by atoms with Gasteiger partial charge in [-0.2, -0.15) is 0 Å². The minimum Gasteiger partial charge on any atom is -0.428 e. The monoisotopic (exact) mass is 370 g/mol. The zero-order valence-corrected chi connectivity index (χ0v) is 14.6. The number of aliphatic hydroxyl groups excluding tert-OH is 3. The van der Waals surface area contributed by atoms with Crippen molar-refractivity contribution >= 4 is 12.3 Å². The lowest BCUT2D eigenvalue weighted by molar-refractivity contribution is -0.179. The first kappa shape index (κ1) is 19.2. The molecular weight excluding hydrogens is 348 g/mol. The Morgan fingerprint density at radius 3 is 2.56 bits per heavy atom. The van der Waals surface area contributed by atoms with E-state index in [1.807, 2.05) is 36.4 Å². The van der Waals surface area contributed by atoms with Crippen molar-refractivity contribution < 1.29 is 24.8 Å². The lowest BCUT2D eigenvalue weighted by Crippen LogP contribution is -2.44. The molecule has 2 aromatic carbocycles. The van der Waals surface area contributed by atoms with Gasteiger partial charge in [0.25, 0.3) is 0 Å². The highest BCUT2D eigenvalue weighted by Gasteiger charge is 2.37. The molecule has 142 valence electrons. The number of hydrogen-bond acceptors (Lipinski definition) is 7. The predicted molar refractivity (Wildman–Crippen MR) is 99.9 cm³/mol. The van der Waals surface area contributed by atoms with Crippen molar-refractivity contribution in [1.29, 1.82) is 10.8 Å². The van der Waals surface area contributed by atoms with E-state index in [1.54, 1.807) is 12.1 Å². The highest BCUT2D eigenvalue weighted by atomic mass is 16.5. The molecule has 1 heterocycles. The van der Waals surface area contributed by atoms with Crippen LogP contribution in [-0.4, -0.2) is 52.5 Å². The second kappa shape index (κ2) is 8.41. The molecule has 4 atom stereocenters. The highest BCUT2D eigenvalue weighted by Crippen LogP contribution is 2.33. The van der Waals surface area contributed by atoms with Crippen molar-refractivity contribution in [3.63, 3.8) is 0 Å². The first-order valence-corrected chi connectivity index (χ1v) is 8.61. The van der Waals surface area contributed by atoms with Crippen molar-refractivity contribution in [3.05, 3.63) is 59.7 Å². The molecule has 3 rings (SSSR count). The first-order chi connectivity index (χ1) is 13.0. The zero-order chi connectivity index (χ0) is 19.4. The Kier molecular flexibility index (Phi) is 5.98. The molecule has 0 aliphatic carbocycles. The minimum atomic E-state index is -1.07. The number of benzene rings is 2. The van der Waals surface area contributed by atoms with E-state index < -0.39 is 24.4 Å². The highest BCUT2D eigenvalue weighted by molar-refractivity contribution is 5.95. The largest absolute Gasteiger partial charge is 0.428 e. The van der Waals surface area contributed by atoms with Crippen molar-refractivity contribution in [1.82, 2.24) is 0 Å². The lowest BCUT2D eigenvalue weighted by Gasteiger charge is -2.37. The Labute approximate surface area is 156 Å². The van der Waals surface area contributed by atoms with Gasteiger partial charge in [0.2, 0.25) is 5.90 Å². The van der Waals surface area contributed by atoms with Crippen LogP contribution in [0.25, 0.3) is 11.1 Å². The van der Waals surface area contributed by atoms with Crippen LogP contribution in [0.15, 0.2) is 48.5 Å². The van der Waals surface area contributed by atoms with Crippen LogP contribution in [0.5, 0.6) is 0 Å². The molecule has 0 bridgehead atoms. The van der Waals surface area contributed by atoms with Gasteiger partial charge in [-0.15, -0.1) is 0 Å². The third-order valence-electron chi connectivity index (χ3n) is 4.62. The molecule has 0 spiro atoms. The third-order valence-corrected chi connectivity index (χ3v) is 4.62. The Hall–Kier alpha value is -2.58. The summed E-state index contributed by atoms with van der Waals surface area (Å²) in [7, 11) is 0. The van der Waals surface area contributed by atoms with E-state index in [0.29, 0.717) is 17.5 Å². The third kappa shape index (κ3) is 4.23. The van der Waals surface area contributed by atoms with Crippen LogP contribution in [0.4, 0.5) is 0 Å². The quantitative estimate of drug-likeness (QED) is 0.405. The van der Waals surface area contributed by atoms with Crippen LogP contribution in [-0.2, 0) is 9.47 Å². The van der Waals surface area contributed by atoms with Crippen molar-refractivity contribution in [2.45, 2.75) is 30.8 Å². The molecule has 1 fully saturated rings. The molecule has 3 unspecified atom stereocenters. The standard InChI is InChI=1S/C20H22N2O5/c21-11-26-20(22)13-6-4-12(5-7-13)14-2-1-3-15(8-14)19-18(25)17(24)9-16(10-23)27-19/h1-8,11,16-19,21-25H,9-10H2/t16?,17?,18?,19-/m1/s1. The Balaban J connectivity index is 1.85. The van der Waals surface area contributed by atoms with Gasteiger partial charge in [-0.25, -0.2) is 0 Å². The van der Waals surface area contributed by atoms with Crippen LogP contribution < -0.4 is 0 Å². The number of hydrogen-bond donors (Lipinski definition) is 5. The van der Waals surface area contributed by atoms with Gasteiger partial charge in [0.15, 0.2) is 6.40 Å². The van der Waals surface area contributed by atoms with Crippen LogP contribution in [0, 0.1) is 10.8 Å². The summed E-state index contributed by atoms with van der Waals surface area (Å²) in [5.41, 5.74) is 3.04. The van der Waals surface area contributed by atoms with Crippen LogP contribution >= 0.6 is 0 Å². The summed E-state index contributed by atoms with van der Waals surface area (Å²) < 4.78 is 10.5. The summed E-state index contributed by atoms with van der Waals surface area (Å²) in [6.45, 7) is -0.217. The second-order valence-corrected chi connectivity index (χ2v) is 6.42. The molecule has 0 radical (unpaired) electrons. The molecular formula is C20H22N2O5. The van der Waals surface area contributed by atoms with Crippen LogP contribution in [0.2, 0.25) is 0 Å². The van der Waals surface area contributed by atoms with Crippen molar-refractivity contribution in [2.24, 2.45) is 0 Å². The fourth-order valence-electron chi connectivity index (χ4n) is 3.18. The van der Waals surface area contributed by atoms with E-state index in [-0.39, 0.29) is 18.9 Å². The normalized spacial score (nSPS) is 25.0. The van der Waals surface area contributed by atoms with Gasteiger partial charge < -0.3 is 24.8 Å². The van der Waals surface area contributed by atoms with Gasteiger partial charge >= 0.3 is 0 Å². The average molecular weight is 370 g/mol. The van der Waals surface area contributed by atoms with E-state index in [4.69, 9.17) is 20.3 Å². The smallest absolute Gasteiger partial charge is 0.220 e. The van der Waals surface area contributed by atoms with E-state index in [1.165, 1.54) is 0 Å². The number of aliphatic hydroxyl groups is 3. The molecule has 0 aromatic heterocycles. The molecule has 0 saturated carbocycles.